The van der Waals surface area contributed by atoms with Gasteiger partial charge >= 0.3 is 0 Å². The molecule has 7 rings (SSSR count). The third-order valence-corrected chi connectivity index (χ3v) is 10.4. The average Bonchev–Trinajstić information content (AvgIpc) is 3.05. The van der Waals surface area contributed by atoms with E-state index in [0.29, 0.717) is 0 Å². The fourth-order valence-electron chi connectivity index (χ4n) is 8.67. The van der Waals surface area contributed by atoms with Crippen LogP contribution in [0.2, 0.25) is 0 Å². The first-order valence-electron chi connectivity index (χ1n) is 16.9. The fourth-order valence-corrected chi connectivity index (χ4v) is 8.67. The summed E-state index contributed by atoms with van der Waals surface area (Å²) in [5.41, 5.74) is 10.5. The third-order valence-electron chi connectivity index (χ3n) is 10.4. The topological polar surface area (TPSA) is 90.4 Å². The van der Waals surface area contributed by atoms with Gasteiger partial charge in [0, 0.05) is 71.8 Å². The van der Waals surface area contributed by atoms with Gasteiger partial charge in [0.1, 0.15) is 11.1 Å². The molecule has 0 fully saturated rings. The number of nitrogens with one attached hydrogen (secondary N) is 2. The van der Waals surface area contributed by atoms with Gasteiger partial charge in [-0.05, 0) is 87.1 Å². The Bertz CT molecular complexity index is 1980. The van der Waals surface area contributed by atoms with Crippen LogP contribution in [-0.2, 0) is 23.9 Å². The van der Waals surface area contributed by atoms with Crippen molar-refractivity contribution in [2.75, 3.05) is 0 Å². The smallest absolute Gasteiger partial charge is 0.248 e. The highest BCUT2D eigenvalue weighted by Gasteiger charge is 2.47. The highest BCUT2D eigenvalue weighted by Crippen LogP contribution is 2.53. The molecule has 6 heteroatoms. The summed E-state index contributed by atoms with van der Waals surface area (Å²) in [6.07, 6.45) is 24.2. The first-order chi connectivity index (χ1) is 23.2. The van der Waals surface area contributed by atoms with Crippen LogP contribution in [0.1, 0.15) is 74.2 Å². The second kappa shape index (κ2) is 12.5. The number of hydrogen-bond acceptors (Lipinski definition) is 4. The Morgan fingerprint density at radius 3 is 1.46 bits per heavy atom. The van der Waals surface area contributed by atoms with E-state index < -0.39 is 11.1 Å². The summed E-state index contributed by atoms with van der Waals surface area (Å²) in [6, 6.07) is 15.6. The van der Waals surface area contributed by atoms with E-state index in [0.717, 1.165) is 59.3 Å². The minimum Gasteiger partial charge on any atom is -0.326 e. The van der Waals surface area contributed by atoms with Crippen LogP contribution in [0.4, 0.5) is 0 Å². The van der Waals surface area contributed by atoms with E-state index in [4.69, 9.17) is 9.98 Å². The highest BCUT2D eigenvalue weighted by molar-refractivity contribution is 5.81. The zero-order valence-electron chi connectivity index (χ0n) is 28.1. The summed E-state index contributed by atoms with van der Waals surface area (Å²) in [7, 11) is 0. The molecule has 3 aromatic rings. The first-order valence-corrected chi connectivity index (χ1v) is 16.9. The normalized spacial score (nSPS) is 28.0. The van der Waals surface area contributed by atoms with Crippen molar-refractivity contribution in [2.45, 2.75) is 64.5 Å². The summed E-state index contributed by atoms with van der Waals surface area (Å²) in [6.45, 7) is 8.55. The number of benzene rings is 1. The number of aliphatic imine (C=N–C) groups is 2. The molecule has 4 bridgehead atoms. The largest absolute Gasteiger partial charge is 0.326 e. The van der Waals surface area contributed by atoms with Gasteiger partial charge in [-0.2, -0.15) is 0 Å². The van der Waals surface area contributed by atoms with Crippen LogP contribution in [0.5, 0.6) is 0 Å². The zero-order chi connectivity index (χ0) is 33.5. The predicted octanol–water partition coefficient (Wildman–Crippen LogP) is 7.96. The van der Waals surface area contributed by atoms with E-state index in [2.05, 4.69) is 98.4 Å². The second-order valence-corrected chi connectivity index (χ2v) is 13.6. The standard InChI is InChI=1S/C42H42N4O2/c1-5-33-31-21-27(3)25-41(33,35-15-17-39(47)45-37(35)23-31)43-19-7-9-29-11-13-30(14-12-29)10-8-20-44-42-26-28(4)22-32(34(42)6-2)24-38-36(42)16-18-40(48)46-38/h5-22,31-32H,23-26H2,1-4H3,(H,45,47)(H,46,48)/b9-7+,10-8+,33-5+,34-6+,43-19-,44-20+. The lowest BCUT2D eigenvalue weighted by molar-refractivity contribution is 0.413. The number of nitrogens with zero attached hydrogens (tertiary/aromatic N) is 2. The maximum atomic E-state index is 12.1. The maximum Gasteiger partial charge on any atom is 0.248 e. The van der Waals surface area contributed by atoms with Crippen LogP contribution < -0.4 is 11.1 Å². The van der Waals surface area contributed by atoms with Crippen molar-refractivity contribution in [3.05, 3.63) is 162 Å². The molecule has 48 heavy (non-hydrogen) atoms. The molecule has 4 atom stereocenters. The number of fused-ring (bicyclic) bond motifs is 8. The molecule has 4 unspecified atom stereocenters. The Kier molecular flexibility index (Phi) is 8.20. The van der Waals surface area contributed by atoms with E-state index in [1.54, 1.807) is 12.1 Å². The van der Waals surface area contributed by atoms with Crippen LogP contribution >= 0.6 is 0 Å². The number of rotatable bonds is 6. The van der Waals surface area contributed by atoms with Gasteiger partial charge in [0.2, 0.25) is 11.1 Å². The molecule has 0 aliphatic heterocycles. The van der Waals surface area contributed by atoms with E-state index in [9.17, 15) is 9.59 Å². The third kappa shape index (κ3) is 5.49. The number of allylic oxidation sites excluding steroid dienone is 6. The Balaban J connectivity index is 1.08. The molecule has 0 amide bonds. The van der Waals surface area contributed by atoms with Gasteiger partial charge in [-0.25, -0.2) is 0 Å². The number of aromatic nitrogens is 2. The number of hydrogen-bond donors (Lipinski definition) is 2. The van der Waals surface area contributed by atoms with Crippen LogP contribution in [0.3, 0.4) is 0 Å². The summed E-state index contributed by atoms with van der Waals surface area (Å²) < 4.78 is 0. The summed E-state index contributed by atoms with van der Waals surface area (Å²) in [5.74, 6) is 0.492. The van der Waals surface area contributed by atoms with Crippen molar-refractivity contribution in [1.82, 2.24) is 9.97 Å². The quantitative estimate of drug-likeness (QED) is 0.213. The van der Waals surface area contributed by atoms with E-state index >= 15 is 0 Å². The van der Waals surface area contributed by atoms with Crippen molar-refractivity contribution in [3.8, 4) is 0 Å². The fraction of sp³-hybridized carbons (Fsp3) is 0.286. The molecule has 2 aromatic heterocycles. The van der Waals surface area contributed by atoms with Crippen LogP contribution in [0.25, 0.3) is 12.2 Å². The number of H-pyrrole nitrogens is 2. The van der Waals surface area contributed by atoms with E-state index in [-0.39, 0.29) is 23.0 Å². The van der Waals surface area contributed by atoms with Crippen LogP contribution in [0.15, 0.2) is 127 Å². The van der Waals surface area contributed by atoms with Gasteiger partial charge in [0.15, 0.2) is 0 Å². The Hall–Kier alpha value is -5.10. The molecular formula is C42H42N4O2. The minimum absolute atomic E-state index is 0.0629. The number of aromatic amines is 2. The summed E-state index contributed by atoms with van der Waals surface area (Å²) >= 11 is 0. The minimum atomic E-state index is -0.492. The molecule has 0 saturated heterocycles. The van der Waals surface area contributed by atoms with Gasteiger partial charge in [-0.3, -0.25) is 19.6 Å². The van der Waals surface area contributed by atoms with Crippen LogP contribution in [0, 0.1) is 11.8 Å². The molecule has 1 aromatic carbocycles. The molecule has 0 radical (unpaired) electrons. The Morgan fingerprint density at radius 2 is 1.06 bits per heavy atom. The molecule has 242 valence electrons. The average molecular weight is 635 g/mol. The Morgan fingerprint density at radius 1 is 0.646 bits per heavy atom. The molecule has 0 spiro atoms. The highest BCUT2D eigenvalue weighted by atomic mass is 16.1. The van der Waals surface area contributed by atoms with E-state index in [1.807, 2.05) is 36.7 Å². The van der Waals surface area contributed by atoms with Crippen molar-refractivity contribution in [1.29, 1.82) is 0 Å². The SMILES string of the molecule is C/C=C1\C2C=C(C)CC1(/N=C\C=C\c1ccc(/C=C/C=N/C34CC(C)=CC(Cc5[nH]c(=O)ccc53)/C4=C\C)cc1)c1ccc(=O)[nH]c1C2. The summed E-state index contributed by atoms with van der Waals surface area (Å²) in [4.78, 5) is 40.8. The molecule has 2 heterocycles. The molecule has 0 saturated carbocycles. The van der Waals surface area contributed by atoms with Gasteiger partial charge < -0.3 is 9.97 Å². The lowest BCUT2D eigenvalue weighted by Crippen LogP contribution is -2.40. The van der Waals surface area contributed by atoms with Gasteiger partial charge in [0.25, 0.3) is 0 Å². The lowest BCUT2D eigenvalue weighted by atomic mass is 9.63. The molecule has 4 aliphatic rings. The van der Waals surface area contributed by atoms with Crippen molar-refractivity contribution in [3.63, 3.8) is 0 Å². The van der Waals surface area contributed by atoms with Gasteiger partial charge in [-0.15, -0.1) is 0 Å². The maximum absolute atomic E-state index is 12.1. The molecular weight excluding hydrogens is 592 g/mol. The monoisotopic (exact) mass is 634 g/mol. The zero-order valence-corrected chi connectivity index (χ0v) is 28.1. The lowest BCUT2D eigenvalue weighted by Gasteiger charge is -2.45. The Labute approximate surface area is 281 Å². The van der Waals surface area contributed by atoms with Crippen LogP contribution in [-0.4, -0.2) is 22.4 Å². The van der Waals surface area contributed by atoms with Gasteiger partial charge in [0.05, 0.1) is 0 Å². The van der Waals surface area contributed by atoms with Gasteiger partial charge in [-0.1, -0.05) is 71.9 Å². The second-order valence-electron chi connectivity index (χ2n) is 13.6. The predicted molar refractivity (Wildman–Crippen MR) is 198 cm³/mol. The van der Waals surface area contributed by atoms with Crippen molar-refractivity contribution in [2.24, 2.45) is 21.8 Å². The molecule has 2 N–H and O–H groups in total. The van der Waals surface area contributed by atoms with Crippen molar-refractivity contribution >= 4 is 24.6 Å². The molecule has 6 nitrogen and oxygen atoms in total. The summed E-state index contributed by atoms with van der Waals surface area (Å²) in [5, 5.41) is 0. The van der Waals surface area contributed by atoms with Crippen molar-refractivity contribution < 1.29 is 0 Å². The first kappa shape index (κ1) is 31.5. The number of pyridine rings is 2. The van der Waals surface area contributed by atoms with E-state index in [1.165, 1.54) is 22.3 Å². The molecule has 4 aliphatic carbocycles.